The molecule has 0 saturated carbocycles. The Labute approximate surface area is 165 Å². The molecule has 1 amide bonds. The van der Waals surface area contributed by atoms with Gasteiger partial charge in [0, 0.05) is 28.9 Å². The monoisotopic (exact) mass is 461 g/mol. The third-order valence-corrected chi connectivity index (χ3v) is 5.69. The van der Waals surface area contributed by atoms with Crippen molar-refractivity contribution >= 4 is 39.0 Å². The van der Waals surface area contributed by atoms with Gasteiger partial charge < -0.3 is 4.90 Å². The molecule has 3 aromatic heterocycles. The van der Waals surface area contributed by atoms with E-state index in [2.05, 4.69) is 31.0 Å². The zero-order chi connectivity index (χ0) is 19.9. The van der Waals surface area contributed by atoms with E-state index in [0.29, 0.717) is 23.5 Å². The van der Waals surface area contributed by atoms with Crippen LogP contribution in [0.1, 0.15) is 27.7 Å². The molecule has 144 valence electrons. The number of nitrogens with zero attached hydrogens (tertiary/aromatic N) is 5. The zero-order valence-electron chi connectivity index (χ0n) is 14.6. The highest BCUT2D eigenvalue weighted by Crippen LogP contribution is 2.27. The van der Waals surface area contributed by atoms with Gasteiger partial charge in [0.05, 0.1) is 16.8 Å². The number of hydrogen-bond acceptors (Lipinski definition) is 5. The van der Waals surface area contributed by atoms with Gasteiger partial charge in [0.25, 0.3) is 11.6 Å². The van der Waals surface area contributed by atoms with Crippen molar-refractivity contribution in [1.82, 2.24) is 24.5 Å². The molecule has 3 heterocycles. The summed E-state index contributed by atoms with van der Waals surface area (Å²) in [5.74, 6) is -1.55. The number of carbonyl (C=O) groups is 1. The highest BCUT2D eigenvalue weighted by Gasteiger charge is 2.37. The van der Waals surface area contributed by atoms with Crippen LogP contribution in [0.5, 0.6) is 0 Å². The molecule has 6 nitrogen and oxygen atoms in total. The summed E-state index contributed by atoms with van der Waals surface area (Å²) in [5.41, 5.74) is 1.42. The van der Waals surface area contributed by atoms with Crippen molar-refractivity contribution in [2.75, 3.05) is 7.05 Å². The van der Waals surface area contributed by atoms with Crippen LogP contribution < -0.4 is 0 Å². The van der Waals surface area contributed by atoms with E-state index < -0.39 is 12.0 Å². The Kier molecular flexibility index (Phi) is 5.26. The number of carbonyl (C=O) groups excluding carboxylic acids is 1. The van der Waals surface area contributed by atoms with Crippen LogP contribution in [0.15, 0.2) is 15.9 Å². The van der Waals surface area contributed by atoms with E-state index in [-0.39, 0.29) is 18.1 Å². The molecule has 0 saturated heterocycles. The normalized spacial score (nSPS) is 12.0. The van der Waals surface area contributed by atoms with E-state index in [1.807, 2.05) is 12.1 Å². The van der Waals surface area contributed by atoms with E-state index in [0.717, 1.165) is 13.2 Å². The molecule has 0 atom stereocenters. The van der Waals surface area contributed by atoms with Gasteiger partial charge in [0.1, 0.15) is 0 Å². The molecule has 0 unspecified atom stereocenters. The largest absolute Gasteiger partial charge is 0.453 e. The van der Waals surface area contributed by atoms with E-state index in [1.165, 1.54) is 11.3 Å². The minimum absolute atomic E-state index is 0.0187. The Balaban J connectivity index is 1.86. The fourth-order valence-corrected chi connectivity index (χ4v) is 4.17. The van der Waals surface area contributed by atoms with Crippen LogP contribution in [-0.4, -0.2) is 37.4 Å². The Bertz CT molecular complexity index is 1010. The van der Waals surface area contributed by atoms with Gasteiger partial charge in [-0.1, -0.05) is 0 Å². The minimum atomic E-state index is -4.65. The third kappa shape index (κ3) is 4.13. The number of fused-ring (bicyclic) bond motifs is 1. The molecule has 0 spiro atoms. The summed E-state index contributed by atoms with van der Waals surface area (Å²) in [4.78, 5) is 22.7. The van der Waals surface area contributed by atoms with Crippen LogP contribution in [0.3, 0.4) is 0 Å². The summed E-state index contributed by atoms with van der Waals surface area (Å²) in [6.45, 7) is 3.70. The molecule has 0 N–H and O–H groups in total. The maximum absolute atomic E-state index is 12.9. The van der Waals surface area contributed by atoms with Gasteiger partial charge in [-0.05, 0) is 41.9 Å². The number of aryl methyl sites for hydroxylation is 2. The van der Waals surface area contributed by atoms with Gasteiger partial charge in [-0.3, -0.25) is 4.79 Å². The highest BCUT2D eigenvalue weighted by atomic mass is 79.9. The quantitative estimate of drug-likeness (QED) is 0.592. The van der Waals surface area contributed by atoms with Crippen molar-refractivity contribution < 1.29 is 18.0 Å². The summed E-state index contributed by atoms with van der Waals surface area (Å²) in [6, 6.07) is 3.84. The first-order valence-electron chi connectivity index (χ1n) is 7.84. The van der Waals surface area contributed by atoms with Gasteiger partial charge in [-0.25, -0.2) is 9.50 Å². The summed E-state index contributed by atoms with van der Waals surface area (Å²) in [7, 11) is 1.68. The first kappa shape index (κ1) is 19.7. The maximum atomic E-state index is 12.9. The van der Waals surface area contributed by atoms with Crippen molar-refractivity contribution in [1.29, 1.82) is 0 Å². The second-order valence-corrected chi connectivity index (χ2v) is 8.59. The lowest BCUT2D eigenvalue weighted by molar-refractivity contribution is -0.144. The number of rotatable bonds is 4. The summed E-state index contributed by atoms with van der Waals surface area (Å²) >= 11 is 4.92. The standard InChI is InChI=1S/C16H15BrF3N5OS/c1-8-11(6-13(26)24(3)7-10-4-5-12(17)27-10)9(2)25-15(21-8)22-14(23-25)16(18,19)20/h4-5H,6-7H2,1-3H3. The number of likely N-dealkylation sites (N-methyl/N-ethyl adjacent to an activating group) is 1. The SMILES string of the molecule is Cc1nc2nc(C(F)(F)F)nn2c(C)c1CC(=O)N(C)Cc1ccc(Br)s1. The Hall–Kier alpha value is -2.01. The summed E-state index contributed by atoms with van der Waals surface area (Å²) < 4.78 is 40.6. The van der Waals surface area contributed by atoms with E-state index >= 15 is 0 Å². The van der Waals surface area contributed by atoms with E-state index in [4.69, 9.17) is 0 Å². The van der Waals surface area contributed by atoms with Gasteiger partial charge in [-0.15, -0.1) is 16.4 Å². The smallest absolute Gasteiger partial charge is 0.340 e. The molecule has 0 aromatic carbocycles. The fourth-order valence-electron chi connectivity index (χ4n) is 2.63. The van der Waals surface area contributed by atoms with Gasteiger partial charge >= 0.3 is 6.18 Å². The predicted molar refractivity (Wildman–Crippen MR) is 97.5 cm³/mol. The molecule has 0 radical (unpaired) electrons. The van der Waals surface area contributed by atoms with Crippen LogP contribution in [0.2, 0.25) is 0 Å². The molecular weight excluding hydrogens is 447 g/mol. The molecule has 27 heavy (non-hydrogen) atoms. The highest BCUT2D eigenvalue weighted by molar-refractivity contribution is 9.11. The van der Waals surface area contributed by atoms with E-state index in [1.54, 1.807) is 25.8 Å². The molecule has 3 rings (SSSR count). The first-order valence-corrected chi connectivity index (χ1v) is 9.45. The number of aromatic nitrogens is 4. The first-order chi connectivity index (χ1) is 12.6. The fraction of sp³-hybridized carbons (Fsp3) is 0.375. The molecular formula is C16H15BrF3N5OS. The second kappa shape index (κ2) is 7.19. The number of halogens is 4. The number of amides is 1. The molecule has 0 aliphatic carbocycles. The Morgan fingerprint density at radius 3 is 2.59 bits per heavy atom. The minimum Gasteiger partial charge on any atom is -0.340 e. The Morgan fingerprint density at radius 2 is 2.00 bits per heavy atom. The van der Waals surface area contributed by atoms with Gasteiger partial charge in [-0.2, -0.15) is 18.2 Å². The van der Waals surface area contributed by atoms with E-state index in [9.17, 15) is 18.0 Å². The lowest BCUT2D eigenvalue weighted by Gasteiger charge is -2.18. The molecule has 11 heteroatoms. The van der Waals surface area contributed by atoms with Crippen LogP contribution >= 0.6 is 27.3 Å². The lowest BCUT2D eigenvalue weighted by atomic mass is 10.1. The summed E-state index contributed by atoms with van der Waals surface area (Å²) in [5, 5.41) is 3.50. The Morgan fingerprint density at radius 1 is 1.30 bits per heavy atom. The number of hydrogen-bond donors (Lipinski definition) is 0. The zero-order valence-corrected chi connectivity index (χ0v) is 17.0. The van der Waals surface area contributed by atoms with Crippen molar-refractivity contribution in [3.63, 3.8) is 0 Å². The second-order valence-electron chi connectivity index (χ2n) is 6.04. The average molecular weight is 462 g/mol. The lowest BCUT2D eigenvalue weighted by Crippen LogP contribution is -2.28. The molecule has 3 aromatic rings. The predicted octanol–water partition coefficient (Wildman–Crippen LogP) is 3.79. The molecule has 0 aliphatic heterocycles. The van der Waals surface area contributed by atoms with Crippen molar-refractivity contribution in [3.8, 4) is 0 Å². The molecule has 0 bridgehead atoms. The van der Waals surface area contributed by atoms with Gasteiger partial charge in [0.2, 0.25) is 5.91 Å². The maximum Gasteiger partial charge on any atom is 0.453 e. The molecule has 0 fully saturated rings. The summed E-state index contributed by atoms with van der Waals surface area (Å²) in [6.07, 6.45) is -4.63. The number of thiophene rings is 1. The number of alkyl halides is 3. The van der Waals surface area contributed by atoms with Crippen LogP contribution in [0.25, 0.3) is 5.78 Å². The van der Waals surface area contributed by atoms with Gasteiger partial charge in [0.15, 0.2) is 0 Å². The van der Waals surface area contributed by atoms with Crippen LogP contribution in [0, 0.1) is 13.8 Å². The molecule has 0 aliphatic rings. The third-order valence-electron chi connectivity index (χ3n) is 4.08. The van der Waals surface area contributed by atoms with Crippen molar-refractivity contribution in [2.24, 2.45) is 0 Å². The van der Waals surface area contributed by atoms with Crippen LogP contribution in [0.4, 0.5) is 13.2 Å². The van der Waals surface area contributed by atoms with Crippen molar-refractivity contribution in [2.45, 2.75) is 33.0 Å². The topological polar surface area (TPSA) is 63.4 Å². The van der Waals surface area contributed by atoms with Crippen LogP contribution in [-0.2, 0) is 23.9 Å². The average Bonchev–Trinajstić information content (AvgIpc) is 3.17. The van der Waals surface area contributed by atoms with Crippen molar-refractivity contribution in [3.05, 3.63) is 43.6 Å².